The summed E-state index contributed by atoms with van der Waals surface area (Å²) in [4.78, 5) is 0. The Bertz CT molecular complexity index is 562. The number of aryl methyl sites for hydroxylation is 1. The Morgan fingerprint density at radius 2 is 2.33 bits per heavy atom. The van der Waals surface area contributed by atoms with Crippen LogP contribution in [-0.4, -0.2) is 9.78 Å². The summed E-state index contributed by atoms with van der Waals surface area (Å²) in [5, 5.41) is 8.68. The van der Waals surface area contributed by atoms with Crippen LogP contribution in [0.2, 0.25) is 5.02 Å². The molecule has 4 heteroatoms. The highest BCUT2D eigenvalue weighted by atomic mass is 35.5. The van der Waals surface area contributed by atoms with Crippen LogP contribution >= 0.6 is 11.6 Å². The predicted octanol–water partition coefficient (Wildman–Crippen LogP) is 3.56. The Morgan fingerprint density at radius 3 is 3.17 bits per heavy atom. The first-order valence-electron chi connectivity index (χ1n) is 6.27. The molecule has 0 amide bonds. The van der Waals surface area contributed by atoms with Crippen molar-refractivity contribution in [2.45, 2.75) is 25.3 Å². The topological polar surface area (TPSA) is 29.9 Å². The third kappa shape index (κ3) is 2.10. The molecule has 0 saturated carbocycles. The molecule has 0 bridgehead atoms. The van der Waals surface area contributed by atoms with E-state index in [4.69, 9.17) is 11.6 Å². The molecule has 94 valence electrons. The molecule has 1 atom stereocenters. The van der Waals surface area contributed by atoms with Crippen molar-refractivity contribution < 1.29 is 0 Å². The number of nitrogens with zero attached hydrogens (tertiary/aromatic N) is 2. The van der Waals surface area contributed by atoms with Gasteiger partial charge in [-0.3, -0.25) is 4.68 Å². The number of fused-ring (bicyclic) bond motifs is 1. The lowest BCUT2D eigenvalue weighted by atomic mass is 9.93. The number of hydrogen-bond donors (Lipinski definition) is 1. The Kier molecular flexibility index (Phi) is 3.00. The molecule has 1 N–H and O–H groups in total. The maximum atomic E-state index is 6.01. The van der Waals surface area contributed by atoms with Gasteiger partial charge in [0.05, 0.1) is 12.2 Å². The second-order valence-corrected chi connectivity index (χ2v) is 5.21. The van der Waals surface area contributed by atoms with Gasteiger partial charge in [-0.2, -0.15) is 5.10 Å². The largest absolute Gasteiger partial charge is 0.378 e. The highest BCUT2D eigenvalue weighted by Gasteiger charge is 2.23. The minimum absolute atomic E-state index is 0.348. The minimum atomic E-state index is 0.348. The third-order valence-electron chi connectivity index (χ3n) is 3.54. The summed E-state index contributed by atoms with van der Waals surface area (Å²) in [5.41, 5.74) is 3.74. The molecule has 1 aliphatic rings. The van der Waals surface area contributed by atoms with Crippen LogP contribution in [0.5, 0.6) is 0 Å². The van der Waals surface area contributed by atoms with Gasteiger partial charge in [0.25, 0.3) is 0 Å². The molecule has 1 heterocycles. The first-order valence-corrected chi connectivity index (χ1v) is 6.65. The van der Waals surface area contributed by atoms with Crippen LogP contribution in [0.4, 0.5) is 5.69 Å². The van der Waals surface area contributed by atoms with Crippen LogP contribution in [0.1, 0.15) is 30.1 Å². The molecule has 0 aliphatic heterocycles. The van der Waals surface area contributed by atoms with Gasteiger partial charge in [-0.1, -0.05) is 17.7 Å². The summed E-state index contributed by atoms with van der Waals surface area (Å²) >= 11 is 6.01. The average molecular weight is 262 g/mol. The fraction of sp³-hybridized carbons (Fsp3) is 0.357. The normalized spacial score (nSPS) is 18.4. The lowest BCUT2D eigenvalue weighted by molar-refractivity contribution is 0.571. The molecule has 1 aromatic carbocycles. The van der Waals surface area contributed by atoms with Crippen molar-refractivity contribution in [2.24, 2.45) is 7.05 Å². The number of hydrogen-bond acceptors (Lipinski definition) is 2. The van der Waals surface area contributed by atoms with Crippen LogP contribution in [0, 0.1) is 0 Å². The number of anilines is 1. The first kappa shape index (κ1) is 11.6. The number of benzene rings is 1. The summed E-state index contributed by atoms with van der Waals surface area (Å²) in [6.45, 7) is 0. The lowest BCUT2D eigenvalue weighted by Gasteiger charge is -2.24. The zero-order chi connectivity index (χ0) is 12.5. The second kappa shape index (κ2) is 4.65. The average Bonchev–Trinajstić information content (AvgIpc) is 2.73. The molecule has 0 saturated heterocycles. The molecule has 2 aromatic rings. The molecular formula is C14H16ClN3. The fourth-order valence-corrected chi connectivity index (χ4v) is 2.83. The standard InChI is InChI=1S/C14H16ClN3/c1-18-14-7-3-6-13(12(14)9-16-18)17-11-5-2-4-10(15)8-11/h2,4-5,8-9,13,17H,3,6-7H2,1H3. The van der Waals surface area contributed by atoms with Crippen LogP contribution in [-0.2, 0) is 13.5 Å². The minimum Gasteiger partial charge on any atom is -0.378 e. The zero-order valence-corrected chi connectivity index (χ0v) is 11.1. The van der Waals surface area contributed by atoms with E-state index in [1.54, 1.807) is 0 Å². The van der Waals surface area contributed by atoms with Gasteiger partial charge < -0.3 is 5.32 Å². The molecule has 1 aromatic heterocycles. The number of aromatic nitrogens is 2. The Labute approximate surface area is 112 Å². The van der Waals surface area contributed by atoms with Gasteiger partial charge in [0, 0.05) is 29.0 Å². The van der Waals surface area contributed by atoms with E-state index in [0.717, 1.165) is 23.6 Å². The van der Waals surface area contributed by atoms with Gasteiger partial charge in [-0.15, -0.1) is 0 Å². The van der Waals surface area contributed by atoms with Crippen molar-refractivity contribution in [3.05, 3.63) is 46.7 Å². The molecule has 1 aliphatic carbocycles. The van der Waals surface area contributed by atoms with Gasteiger partial charge in [0.15, 0.2) is 0 Å². The Balaban J connectivity index is 1.86. The third-order valence-corrected chi connectivity index (χ3v) is 3.78. The smallest absolute Gasteiger partial charge is 0.0547 e. The van der Waals surface area contributed by atoms with Crippen LogP contribution < -0.4 is 5.32 Å². The molecule has 1 unspecified atom stereocenters. The molecule has 3 nitrogen and oxygen atoms in total. The highest BCUT2D eigenvalue weighted by Crippen LogP contribution is 2.32. The van der Waals surface area contributed by atoms with Crippen molar-refractivity contribution in [3.63, 3.8) is 0 Å². The summed E-state index contributed by atoms with van der Waals surface area (Å²) in [6.07, 6.45) is 5.45. The van der Waals surface area contributed by atoms with Gasteiger partial charge in [0.2, 0.25) is 0 Å². The van der Waals surface area contributed by atoms with Crippen molar-refractivity contribution in [3.8, 4) is 0 Å². The quantitative estimate of drug-likeness (QED) is 0.896. The van der Waals surface area contributed by atoms with Crippen LogP contribution in [0.15, 0.2) is 30.5 Å². The molecule has 0 fully saturated rings. The summed E-state index contributed by atoms with van der Waals surface area (Å²) in [5.74, 6) is 0. The fourth-order valence-electron chi connectivity index (χ4n) is 2.64. The van der Waals surface area contributed by atoms with Gasteiger partial charge in [0.1, 0.15) is 0 Å². The summed E-state index contributed by atoms with van der Waals surface area (Å²) in [7, 11) is 2.01. The molecule has 0 spiro atoms. The van der Waals surface area contributed by atoms with Crippen molar-refractivity contribution in [1.29, 1.82) is 0 Å². The maximum Gasteiger partial charge on any atom is 0.0547 e. The summed E-state index contributed by atoms with van der Waals surface area (Å²) in [6, 6.07) is 8.23. The van der Waals surface area contributed by atoms with E-state index in [2.05, 4.69) is 16.5 Å². The predicted molar refractivity (Wildman–Crippen MR) is 74.0 cm³/mol. The Hall–Kier alpha value is -1.48. The van der Waals surface area contributed by atoms with E-state index in [0.29, 0.717) is 6.04 Å². The van der Waals surface area contributed by atoms with Crippen molar-refractivity contribution in [1.82, 2.24) is 9.78 Å². The van der Waals surface area contributed by atoms with E-state index < -0.39 is 0 Å². The first-order chi connectivity index (χ1) is 8.74. The van der Waals surface area contributed by atoms with E-state index in [-0.39, 0.29) is 0 Å². The van der Waals surface area contributed by atoms with E-state index in [9.17, 15) is 0 Å². The molecule has 3 rings (SSSR count). The number of rotatable bonds is 2. The monoisotopic (exact) mass is 261 g/mol. The zero-order valence-electron chi connectivity index (χ0n) is 10.4. The van der Waals surface area contributed by atoms with E-state index in [1.807, 2.05) is 36.1 Å². The van der Waals surface area contributed by atoms with Crippen LogP contribution in [0.25, 0.3) is 0 Å². The van der Waals surface area contributed by atoms with Crippen molar-refractivity contribution in [2.75, 3.05) is 5.32 Å². The van der Waals surface area contributed by atoms with Gasteiger partial charge in [-0.25, -0.2) is 0 Å². The maximum absolute atomic E-state index is 6.01. The van der Waals surface area contributed by atoms with Crippen LogP contribution in [0.3, 0.4) is 0 Å². The Morgan fingerprint density at radius 1 is 1.44 bits per heavy atom. The van der Waals surface area contributed by atoms with Gasteiger partial charge in [-0.05, 0) is 37.5 Å². The SMILES string of the molecule is Cn1ncc2c1CCCC2Nc1cccc(Cl)c1. The second-order valence-electron chi connectivity index (χ2n) is 4.77. The van der Waals surface area contributed by atoms with Crippen molar-refractivity contribution >= 4 is 17.3 Å². The number of halogens is 1. The molecular weight excluding hydrogens is 246 g/mol. The van der Waals surface area contributed by atoms with Gasteiger partial charge >= 0.3 is 0 Å². The highest BCUT2D eigenvalue weighted by molar-refractivity contribution is 6.30. The molecule has 0 radical (unpaired) electrons. The van der Waals surface area contributed by atoms with E-state index >= 15 is 0 Å². The number of nitrogens with one attached hydrogen (secondary N) is 1. The molecule has 18 heavy (non-hydrogen) atoms. The summed E-state index contributed by atoms with van der Waals surface area (Å²) < 4.78 is 1.99. The van der Waals surface area contributed by atoms with E-state index in [1.165, 1.54) is 17.7 Å². The lowest BCUT2D eigenvalue weighted by Crippen LogP contribution is -2.17.